The van der Waals surface area contributed by atoms with E-state index < -0.39 is 11.6 Å². The molecule has 0 nitrogen and oxygen atoms in total. The Hall–Kier alpha value is -2.55. The van der Waals surface area contributed by atoms with Gasteiger partial charge in [0.25, 0.3) is 0 Å². The maximum Gasteiger partial charge on any atom is 0.162 e. The van der Waals surface area contributed by atoms with Crippen LogP contribution >= 0.6 is 0 Å². The minimum Gasteiger partial charge on any atom is -0.206 e. The van der Waals surface area contributed by atoms with Crippen LogP contribution in [0.2, 0.25) is 0 Å². The zero-order valence-electron chi connectivity index (χ0n) is 15.0. The summed E-state index contributed by atoms with van der Waals surface area (Å²) in [4.78, 5) is 0. The molecule has 0 saturated heterocycles. The van der Waals surface area contributed by atoms with Crippen molar-refractivity contribution in [3.05, 3.63) is 94.3 Å². The first-order valence-corrected chi connectivity index (χ1v) is 8.80. The second kappa shape index (κ2) is 7.77. The predicted octanol–water partition coefficient (Wildman–Crippen LogP) is 6.43. The molecule has 0 aromatic heterocycles. The molecule has 0 saturated carbocycles. The van der Waals surface area contributed by atoms with E-state index in [1.165, 1.54) is 0 Å². The van der Waals surface area contributed by atoms with E-state index in [1.807, 2.05) is 37.3 Å². The Morgan fingerprint density at radius 3 is 2.08 bits per heavy atom. The number of benzene rings is 3. The smallest absolute Gasteiger partial charge is 0.162 e. The van der Waals surface area contributed by atoms with Crippen LogP contribution in [0.4, 0.5) is 13.2 Å². The molecule has 0 fully saturated rings. The summed E-state index contributed by atoms with van der Waals surface area (Å²) in [5.74, 6) is -1.77. The van der Waals surface area contributed by atoms with Gasteiger partial charge in [-0.3, -0.25) is 0 Å². The molecular formula is C23H21F3. The first-order chi connectivity index (χ1) is 12.5. The fourth-order valence-corrected chi connectivity index (χ4v) is 3.02. The van der Waals surface area contributed by atoms with E-state index in [9.17, 15) is 13.2 Å². The second-order valence-corrected chi connectivity index (χ2v) is 6.53. The lowest BCUT2D eigenvalue weighted by molar-refractivity contribution is 0.493. The Morgan fingerprint density at radius 1 is 0.731 bits per heavy atom. The topological polar surface area (TPSA) is 0 Å². The normalized spacial score (nSPS) is 11.0. The van der Waals surface area contributed by atoms with E-state index >= 15 is 0 Å². The van der Waals surface area contributed by atoms with Crippen molar-refractivity contribution in [3.8, 4) is 11.1 Å². The van der Waals surface area contributed by atoms with E-state index in [0.29, 0.717) is 29.5 Å². The van der Waals surface area contributed by atoms with Gasteiger partial charge in [-0.05, 0) is 60.1 Å². The van der Waals surface area contributed by atoms with Crippen LogP contribution in [0.5, 0.6) is 0 Å². The van der Waals surface area contributed by atoms with Gasteiger partial charge < -0.3 is 0 Å². The molecule has 3 aromatic rings. The lowest BCUT2D eigenvalue weighted by Crippen LogP contribution is -1.99. The summed E-state index contributed by atoms with van der Waals surface area (Å²) in [6, 6.07) is 16.1. The summed E-state index contributed by atoms with van der Waals surface area (Å²) < 4.78 is 41.8. The molecule has 0 aliphatic heterocycles. The van der Waals surface area contributed by atoms with Crippen LogP contribution in [-0.2, 0) is 19.3 Å². The molecule has 26 heavy (non-hydrogen) atoms. The van der Waals surface area contributed by atoms with E-state index in [1.54, 1.807) is 31.2 Å². The van der Waals surface area contributed by atoms with Gasteiger partial charge in [-0.25, -0.2) is 13.2 Å². The fourth-order valence-electron chi connectivity index (χ4n) is 3.02. The lowest BCUT2D eigenvalue weighted by Gasteiger charge is -2.08. The Bertz CT molecular complexity index is 911. The molecule has 0 aliphatic carbocycles. The van der Waals surface area contributed by atoms with Crippen molar-refractivity contribution in [1.29, 1.82) is 0 Å². The standard InChI is InChI=1S/C23H21F3/c1-3-16-8-13-20(21(24)14-16)18-10-5-17(6-11-18)7-12-19-9-4-15(2)22(25)23(19)26/h4-6,8-11,13-14H,3,7,12H2,1-2H3. The highest BCUT2D eigenvalue weighted by atomic mass is 19.2. The van der Waals surface area contributed by atoms with Crippen molar-refractivity contribution in [2.45, 2.75) is 33.1 Å². The van der Waals surface area contributed by atoms with Gasteiger partial charge in [-0.15, -0.1) is 0 Å². The van der Waals surface area contributed by atoms with Crippen LogP contribution in [0.3, 0.4) is 0 Å². The highest BCUT2D eigenvalue weighted by Gasteiger charge is 2.11. The third kappa shape index (κ3) is 3.82. The maximum absolute atomic E-state index is 14.2. The van der Waals surface area contributed by atoms with Gasteiger partial charge in [0, 0.05) is 5.56 Å². The molecule has 0 aliphatic rings. The molecule has 0 atom stereocenters. The molecule has 0 unspecified atom stereocenters. The van der Waals surface area contributed by atoms with Gasteiger partial charge in [0.1, 0.15) is 5.82 Å². The highest BCUT2D eigenvalue weighted by Crippen LogP contribution is 2.25. The molecule has 3 heteroatoms. The van der Waals surface area contributed by atoms with Gasteiger partial charge in [0.15, 0.2) is 11.6 Å². The number of halogens is 3. The van der Waals surface area contributed by atoms with Crippen LogP contribution < -0.4 is 0 Å². The Kier molecular flexibility index (Phi) is 5.46. The maximum atomic E-state index is 14.2. The van der Waals surface area contributed by atoms with Gasteiger partial charge in [-0.2, -0.15) is 0 Å². The first kappa shape index (κ1) is 18.2. The molecule has 0 heterocycles. The average Bonchev–Trinajstić information content (AvgIpc) is 2.66. The molecule has 3 rings (SSSR count). The van der Waals surface area contributed by atoms with E-state index in [4.69, 9.17) is 0 Å². The Morgan fingerprint density at radius 2 is 1.42 bits per heavy atom. The van der Waals surface area contributed by atoms with Crippen LogP contribution in [0.1, 0.15) is 29.2 Å². The van der Waals surface area contributed by atoms with Gasteiger partial charge in [0.2, 0.25) is 0 Å². The molecule has 134 valence electrons. The van der Waals surface area contributed by atoms with Crippen LogP contribution in [0, 0.1) is 24.4 Å². The van der Waals surface area contributed by atoms with Crippen LogP contribution in [0.25, 0.3) is 11.1 Å². The molecular weight excluding hydrogens is 333 g/mol. The predicted molar refractivity (Wildman–Crippen MR) is 99.7 cm³/mol. The second-order valence-electron chi connectivity index (χ2n) is 6.53. The number of hydrogen-bond acceptors (Lipinski definition) is 0. The largest absolute Gasteiger partial charge is 0.206 e. The summed E-state index contributed by atoms with van der Waals surface area (Å²) in [5.41, 5.74) is 4.03. The minimum absolute atomic E-state index is 0.227. The zero-order valence-corrected chi connectivity index (χ0v) is 15.0. The van der Waals surface area contributed by atoms with Gasteiger partial charge in [-0.1, -0.05) is 55.5 Å². The van der Waals surface area contributed by atoms with E-state index in [-0.39, 0.29) is 5.82 Å². The van der Waals surface area contributed by atoms with E-state index in [0.717, 1.165) is 23.1 Å². The molecule has 0 spiro atoms. The summed E-state index contributed by atoms with van der Waals surface area (Å²) in [6.07, 6.45) is 1.81. The third-order valence-corrected chi connectivity index (χ3v) is 4.75. The van der Waals surface area contributed by atoms with Crippen molar-refractivity contribution in [2.75, 3.05) is 0 Å². The van der Waals surface area contributed by atoms with Crippen molar-refractivity contribution < 1.29 is 13.2 Å². The monoisotopic (exact) mass is 354 g/mol. The Balaban J connectivity index is 1.73. The van der Waals surface area contributed by atoms with E-state index in [2.05, 4.69) is 0 Å². The molecule has 0 radical (unpaired) electrons. The SMILES string of the molecule is CCc1ccc(-c2ccc(CCc3ccc(C)c(F)c3F)cc2)c(F)c1. The minimum atomic E-state index is -0.774. The number of hydrogen-bond donors (Lipinski definition) is 0. The van der Waals surface area contributed by atoms with Gasteiger partial charge in [0.05, 0.1) is 0 Å². The van der Waals surface area contributed by atoms with Crippen molar-refractivity contribution in [2.24, 2.45) is 0 Å². The summed E-state index contributed by atoms with van der Waals surface area (Å²) >= 11 is 0. The summed E-state index contributed by atoms with van der Waals surface area (Å²) in [5, 5.41) is 0. The number of aryl methyl sites for hydroxylation is 4. The van der Waals surface area contributed by atoms with Crippen molar-refractivity contribution in [3.63, 3.8) is 0 Å². The lowest BCUT2D eigenvalue weighted by atomic mass is 9.98. The van der Waals surface area contributed by atoms with Gasteiger partial charge >= 0.3 is 0 Å². The highest BCUT2D eigenvalue weighted by molar-refractivity contribution is 5.64. The van der Waals surface area contributed by atoms with Crippen LogP contribution in [0.15, 0.2) is 54.6 Å². The van der Waals surface area contributed by atoms with Crippen molar-refractivity contribution in [1.82, 2.24) is 0 Å². The Labute approximate surface area is 152 Å². The quantitative estimate of drug-likeness (QED) is 0.495. The van der Waals surface area contributed by atoms with Crippen LogP contribution in [-0.4, -0.2) is 0 Å². The molecule has 0 amide bonds. The summed E-state index contributed by atoms with van der Waals surface area (Å²) in [6.45, 7) is 3.54. The zero-order chi connectivity index (χ0) is 18.7. The van der Waals surface area contributed by atoms with Crippen molar-refractivity contribution >= 4 is 0 Å². The first-order valence-electron chi connectivity index (χ1n) is 8.80. The number of rotatable bonds is 5. The average molecular weight is 354 g/mol. The molecule has 3 aromatic carbocycles. The molecule has 0 N–H and O–H groups in total. The fraction of sp³-hybridized carbons (Fsp3) is 0.217. The third-order valence-electron chi connectivity index (χ3n) is 4.75. The summed E-state index contributed by atoms with van der Waals surface area (Å²) in [7, 11) is 0. The molecule has 0 bridgehead atoms.